The quantitative estimate of drug-likeness (QED) is 0.332. The van der Waals surface area contributed by atoms with Crippen LogP contribution < -0.4 is 5.32 Å². The first kappa shape index (κ1) is 26.5. The number of nitrogens with one attached hydrogen (secondary N) is 1. The smallest absolute Gasteiger partial charge is 0.336 e. The molecular weight excluding hydrogens is 386 g/mol. The minimum absolute atomic E-state index is 0.0769. The molecule has 0 aromatic carbocycles. The summed E-state index contributed by atoms with van der Waals surface area (Å²) < 4.78 is 43.2. The van der Waals surface area contributed by atoms with Gasteiger partial charge in [-0.3, -0.25) is 4.55 Å². The maximum Gasteiger partial charge on any atom is 0.336 e. The SMILES string of the molecule is CC(CCN[C@@H](C)[C@H](O[Si](C)(C)C(C)(C)C)C(=O)OC(C)(C)C)S(=O)(=O)O. The molecule has 7 nitrogen and oxygen atoms in total. The van der Waals surface area contributed by atoms with E-state index in [0.29, 0.717) is 6.54 Å². The van der Waals surface area contributed by atoms with Crippen LogP contribution in [0.1, 0.15) is 61.8 Å². The Balaban J connectivity index is 5.26. The van der Waals surface area contributed by atoms with Gasteiger partial charge in [0, 0.05) is 6.04 Å². The van der Waals surface area contributed by atoms with Crippen LogP contribution in [0.3, 0.4) is 0 Å². The third-order valence-electron chi connectivity index (χ3n) is 4.85. The minimum atomic E-state index is -4.07. The van der Waals surface area contributed by atoms with Crippen LogP contribution in [0.2, 0.25) is 18.1 Å². The average molecular weight is 426 g/mol. The first-order valence-corrected chi connectivity index (χ1v) is 13.8. The van der Waals surface area contributed by atoms with Crippen molar-refractivity contribution < 1.29 is 26.9 Å². The van der Waals surface area contributed by atoms with Crippen LogP contribution in [0.15, 0.2) is 0 Å². The van der Waals surface area contributed by atoms with Crippen LogP contribution in [0.4, 0.5) is 0 Å². The lowest BCUT2D eigenvalue weighted by atomic mass is 10.1. The normalized spacial score (nSPS) is 17.3. The van der Waals surface area contributed by atoms with Gasteiger partial charge in [-0.1, -0.05) is 20.8 Å². The standard InChI is InChI=1S/C18H39NO6SSi/c1-13(26(21,22)23)11-12-19-14(2)15(16(20)24-17(3,4)5)25-27(9,10)18(6,7)8/h13-15,19H,11-12H2,1-10H3,(H,21,22,23)/t13?,14-,15-/m0/s1. The molecule has 0 aliphatic heterocycles. The predicted octanol–water partition coefficient (Wildman–Crippen LogP) is 3.36. The van der Waals surface area contributed by atoms with Gasteiger partial charge in [0.25, 0.3) is 10.1 Å². The van der Waals surface area contributed by atoms with Gasteiger partial charge in [-0.25, -0.2) is 4.79 Å². The molecule has 1 unspecified atom stereocenters. The van der Waals surface area contributed by atoms with Gasteiger partial charge in [0.15, 0.2) is 14.4 Å². The van der Waals surface area contributed by atoms with Crippen molar-refractivity contribution in [2.45, 2.75) is 103 Å². The van der Waals surface area contributed by atoms with E-state index in [-0.39, 0.29) is 17.5 Å². The summed E-state index contributed by atoms with van der Waals surface area (Å²) in [5.41, 5.74) is -0.634. The second-order valence-electron chi connectivity index (χ2n) is 9.69. The fourth-order valence-electron chi connectivity index (χ4n) is 1.98. The molecule has 0 heterocycles. The van der Waals surface area contributed by atoms with Crippen molar-refractivity contribution in [2.75, 3.05) is 6.54 Å². The predicted molar refractivity (Wildman–Crippen MR) is 111 cm³/mol. The largest absolute Gasteiger partial charge is 0.458 e. The molecule has 0 aromatic rings. The number of hydrogen-bond donors (Lipinski definition) is 2. The average Bonchev–Trinajstić information content (AvgIpc) is 2.40. The Kier molecular flexibility index (Phi) is 9.18. The molecule has 0 fully saturated rings. The summed E-state index contributed by atoms with van der Waals surface area (Å²) in [7, 11) is -6.30. The zero-order valence-electron chi connectivity index (χ0n) is 18.5. The molecule has 0 aliphatic carbocycles. The fraction of sp³-hybridized carbons (Fsp3) is 0.944. The van der Waals surface area contributed by atoms with Gasteiger partial charge in [-0.15, -0.1) is 0 Å². The van der Waals surface area contributed by atoms with E-state index >= 15 is 0 Å². The molecule has 2 N–H and O–H groups in total. The highest BCUT2D eigenvalue weighted by Gasteiger charge is 2.43. The summed E-state index contributed by atoms with van der Waals surface area (Å²) >= 11 is 0. The zero-order chi connectivity index (χ0) is 21.8. The van der Waals surface area contributed by atoms with Crippen LogP contribution in [0.25, 0.3) is 0 Å². The molecule has 0 radical (unpaired) electrons. The number of rotatable bonds is 9. The summed E-state index contributed by atoms with van der Waals surface area (Å²) in [5, 5.41) is 2.19. The van der Waals surface area contributed by atoms with Crippen LogP contribution in [0, 0.1) is 0 Å². The molecule has 0 aliphatic rings. The molecule has 0 bridgehead atoms. The summed E-state index contributed by atoms with van der Waals surface area (Å²) in [6, 6.07) is -0.373. The van der Waals surface area contributed by atoms with E-state index in [1.165, 1.54) is 6.92 Å². The van der Waals surface area contributed by atoms with Gasteiger partial charge in [0.2, 0.25) is 0 Å². The second kappa shape index (κ2) is 9.34. The maximum absolute atomic E-state index is 12.8. The lowest BCUT2D eigenvalue weighted by Gasteiger charge is -2.40. The van der Waals surface area contributed by atoms with Gasteiger partial charge >= 0.3 is 5.97 Å². The van der Waals surface area contributed by atoms with E-state index < -0.39 is 41.4 Å². The van der Waals surface area contributed by atoms with Gasteiger partial charge in [0.1, 0.15) is 5.60 Å². The second-order valence-corrected chi connectivity index (χ2v) is 16.3. The third-order valence-corrected chi connectivity index (χ3v) is 10.6. The Bertz CT molecular complexity index is 592. The van der Waals surface area contributed by atoms with Crippen molar-refractivity contribution in [3.8, 4) is 0 Å². The van der Waals surface area contributed by atoms with Crippen molar-refractivity contribution in [2.24, 2.45) is 0 Å². The Hall–Kier alpha value is -0.483. The van der Waals surface area contributed by atoms with Crippen molar-refractivity contribution in [3.05, 3.63) is 0 Å². The number of carbonyl (C=O) groups excluding carboxylic acids is 1. The van der Waals surface area contributed by atoms with Gasteiger partial charge in [-0.2, -0.15) is 8.42 Å². The Morgan fingerprint density at radius 2 is 1.59 bits per heavy atom. The maximum atomic E-state index is 12.8. The topological polar surface area (TPSA) is 102 Å². The summed E-state index contributed by atoms with van der Waals surface area (Å²) in [6.07, 6.45) is -0.573. The van der Waals surface area contributed by atoms with E-state index in [2.05, 4.69) is 39.2 Å². The summed E-state index contributed by atoms with van der Waals surface area (Å²) in [5.74, 6) is -0.435. The first-order chi connectivity index (χ1) is 11.8. The molecule has 9 heteroatoms. The Labute approximate surface area is 166 Å². The molecule has 0 rings (SSSR count). The fourth-order valence-corrected chi connectivity index (χ4v) is 3.68. The molecule has 0 saturated heterocycles. The van der Waals surface area contributed by atoms with E-state index in [1.807, 2.05) is 6.92 Å². The van der Waals surface area contributed by atoms with Crippen molar-refractivity contribution in [1.29, 1.82) is 0 Å². The van der Waals surface area contributed by atoms with Crippen LogP contribution in [-0.2, 0) is 24.1 Å². The number of hydrogen-bond acceptors (Lipinski definition) is 6. The van der Waals surface area contributed by atoms with Gasteiger partial charge in [0.05, 0.1) is 5.25 Å². The van der Waals surface area contributed by atoms with E-state index in [0.717, 1.165) is 0 Å². The molecule has 0 amide bonds. The molecular formula is C18H39NO6SSi. The zero-order valence-corrected chi connectivity index (χ0v) is 20.4. The molecule has 162 valence electrons. The Morgan fingerprint density at radius 3 is 1.96 bits per heavy atom. The van der Waals surface area contributed by atoms with Crippen LogP contribution in [-0.4, -0.2) is 56.8 Å². The van der Waals surface area contributed by atoms with Crippen molar-refractivity contribution in [1.82, 2.24) is 5.32 Å². The number of esters is 1. The monoisotopic (exact) mass is 425 g/mol. The summed E-state index contributed by atoms with van der Waals surface area (Å²) in [4.78, 5) is 12.8. The number of ether oxygens (including phenoxy) is 1. The van der Waals surface area contributed by atoms with Gasteiger partial charge in [-0.05, 0) is 65.7 Å². The summed E-state index contributed by atoms with van der Waals surface area (Å²) in [6.45, 7) is 19.4. The van der Waals surface area contributed by atoms with E-state index in [1.54, 1.807) is 20.8 Å². The minimum Gasteiger partial charge on any atom is -0.458 e. The molecule has 0 saturated carbocycles. The molecule has 27 heavy (non-hydrogen) atoms. The van der Waals surface area contributed by atoms with Gasteiger partial charge < -0.3 is 14.5 Å². The first-order valence-electron chi connectivity index (χ1n) is 9.38. The highest BCUT2D eigenvalue weighted by atomic mass is 32.2. The highest BCUT2D eigenvalue weighted by molar-refractivity contribution is 7.86. The van der Waals surface area contributed by atoms with Crippen molar-refractivity contribution >= 4 is 24.4 Å². The lowest BCUT2D eigenvalue weighted by molar-refractivity contribution is -0.165. The highest BCUT2D eigenvalue weighted by Crippen LogP contribution is 2.38. The van der Waals surface area contributed by atoms with Crippen molar-refractivity contribution in [3.63, 3.8) is 0 Å². The van der Waals surface area contributed by atoms with E-state index in [4.69, 9.17) is 13.7 Å². The number of carbonyl (C=O) groups is 1. The molecule has 3 atom stereocenters. The van der Waals surface area contributed by atoms with Crippen LogP contribution in [0.5, 0.6) is 0 Å². The van der Waals surface area contributed by atoms with Crippen LogP contribution >= 0.6 is 0 Å². The lowest BCUT2D eigenvalue weighted by Crippen LogP contribution is -2.54. The Morgan fingerprint density at radius 1 is 1.11 bits per heavy atom. The third kappa shape index (κ3) is 9.51. The van der Waals surface area contributed by atoms with E-state index in [9.17, 15) is 13.2 Å². The molecule has 0 aromatic heterocycles. The molecule has 0 spiro atoms.